The van der Waals surface area contributed by atoms with E-state index in [4.69, 9.17) is 4.74 Å². The van der Waals surface area contributed by atoms with Gasteiger partial charge >= 0.3 is 5.97 Å². The maximum absolute atomic E-state index is 12.3. The van der Waals surface area contributed by atoms with Crippen LogP contribution in [-0.2, 0) is 9.53 Å². The fourth-order valence-electron chi connectivity index (χ4n) is 4.76. The van der Waals surface area contributed by atoms with Gasteiger partial charge in [-0.05, 0) is 49.1 Å². The van der Waals surface area contributed by atoms with Crippen LogP contribution in [0.4, 0.5) is 5.82 Å². The molecule has 0 unspecified atom stereocenters. The molecule has 2 fully saturated rings. The summed E-state index contributed by atoms with van der Waals surface area (Å²) < 4.78 is 5.75. The summed E-state index contributed by atoms with van der Waals surface area (Å²) in [5.41, 5.74) is 0.558. The molecule has 2 heterocycles. The number of pyridine rings is 1. The summed E-state index contributed by atoms with van der Waals surface area (Å²) in [4.78, 5) is 30.5. The Morgan fingerprint density at radius 3 is 2.40 bits per heavy atom. The molecule has 1 aliphatic carbocycles. The lowest BCUT2D eigenvalue weighted by Gasteiger charge is -2.33. The standard InChI is InChI=1S/C24H37N3O3/c1-17(2)19-7-4-18(5-8-19)6-11-23(28)30-21-12-14-27(15-13-21)22-10-9-20(16-26-22)24(29)25-3/h9-10,16-19,21H,4-8,11-15H2,1-3H3,(H,25,29). The summed E-state index contributed by atoms with van der Waals surface area (Å²) in [5.74, 6) is 3.04. The van der Waals surface area contributed by atoms with Crippen LogP contribution in [0.25, 0.3) is 0 Å². The molecule has 0 radical (unpaired) electrons. The number of amides is 1. The van der Waals surface area contributed by atoms with Crippen molar-refractivity contribution in [2.45, 2.75) is 71.3 Å². The van der Waals surface area contributed by atoms with Crippen LogP contribution in [0.5, 0.6) is 0 Å². The highest BCUT2D eigenvalue weighted by Gasteiger charge is 2.26. The lowest BCUT2D eigenvalue weighted by atomic mass is 9.76. The van der Waals surface area contributed by atoms with E-state index in [1.807, 2.05) is 6.07 Å². The predicted molar refractivity (Wildman–Crippen MR) is 118 cm³/mol. The second-order valence-electron chi connectivity index (χ2n) is 9.22. The lowest BCUT2D eigenvalue weighted by Crippen LogP contribution is -2.38. The van der Waals surface area contributed by atoms with Crippen LogP contribution in [0.1, 0.15) is 75.6 Å². The third-order valence-corrected chi connectivity index (χ3v) is 6.89. The molecule has 0 atom stereocenters. The molecule has 1 aromatic rings. The van der Waals surface area contributed by atoms with Crippen molar-refractivity contribution >= 4 is 17.7 Å². The van der Waals surface area contributed by atoms with Gasteiger partial charge < -0.3 is 15.0 Å². The lowest BCUT2D eigenvalue weighted by molar-refractivity contribution is -0.150. The molecule has 1 amide bonds. The summed E-state index contributed by atoms with van der Waals surface area (Å²) >= 11 is 0. The van der Waals surface area contributed by atoms with E-state index < -0.39 is 0 Å². The highest BCUT2D eigenvalue weighted by Crippen LogP contribution is 2.35. The first kappa shape index (κ1) is 22.6. The zero-order valence-electron chi connectivity index (χ0n) is 18.7. The maximum atomic E-state index is 12.3. The number of carbonyl (C=O) groups is 2. The Kier molecular flexibility index (Phi) is 8.11. The molecule has 1 saturated heterocycles. The van der Waals surface area contributed by atoms with Crippen LogP contribution in [0.2, 0.25) is 0 Å². The molecule has 166 valence electrons. The van der Waals surface area contributed by atoms with Crippen molar-refractivity contribution in [2.24, 2.45) is 17.8 Å². The normalized spacial score (nSPS) is 22.7. The molecule has 6 nitrogen and oxygen atoms in total. The van der Waals surface area contributed by atoms with Crippen molar-refractivity contribution in [1.82, 2.24) is 10.3 Å². The van der Waals surface area contributed by atoms with Crippen molar-refractivity contribution in [2.75, 3.05) is 25.0 Å². The van der Waals surface area contributed by atoms with E-state index in [-0.39, 0.29) is 18.0 Å². The van der Waals surface area contributed by atoms with Crippen molar-refractivity contribution in [3.05, 3.63) is 23.9 Å². The van der Waals surface area contributed by atoms with E-state index in [0.717, 1.165) is 50.0 Å². The van der Waals surface area contributed by atoms with Crippen LogP contribution >= 0.6 is 0 Å². The van der Waals surface area contributed by atoms with E-state index in [1.54, 1.807) is 19.3 Å². The van der Waals surface area contributed by atoms with Crippen LogP contribution < -0.4 is 10.2 Å². The maximum Gasteiger partial charge on any atom is 0.306 e. The van der Waals surface area contributed by atoms with E-state index in [2.05, 4.69) is 29.0 Å². The predicted octanol–water partition coefficient (Wildman–Crippen LogP) is 4.20. The minimum atomic E-state index is -0.132. The quantitative estimate of drug-likeness (QED) is 0.676. The second-order valence-corrected chi connectivity index (χ2v) is 9.22. The monoisotopic (exact) mass is 415 g/mol. The van der Waals surface area contributed by atoms with E-state index in [0.29, 0.717) is 17.9 Å². The zero-order valence-corrected chi connectivity index (χ0v) is 18.7. The minimum Gasteiger partial charge on any atom is -0.462 e. The van der Waals surface area contributed by atoms with Gasteiger partial charge in [-0.1, -0.05) is 26.7 Å². The molecule has 2 aliphatic rings. The van der Waals surface area contributed by atoms with Gasteiger partial charge in [-0.15, -0.1) is 0 Å². The summed E-state index contributed by atoms with van der Waals surface area (Å²) in [5, 5.41) is 2.60. The number of hydrogen-bond donors (Lipinski definition) is 1. The number of piperidine rings is 1. The van der Waals surface area contributed by atoms with Crippen molar-refractivity contribution in [3.63, 3.8) is 0 Å². The number of nitrogens with zero attached hydrogens (tertiary/aromatic N) is 2. The Morgan fingerprint density at radius 2 is 1.83 bits per heavy atom. The highest BCUT2D eigenvalue weighted by atomic mass is 16.5. The number of esters is 1. The molecule has 0 bridgehead atoms. The average Bonchev–Trinajstić information content (AvgIpc) is 2.78. The molecular weight excluding hydrogens is 378 g/mol. The molecule has 1 saturated carbocycles. The summed E-state index contributed by atoms with van der Waals surface area (Å²) in [6, 6.07) is 3.67. The van der Waals surface area contributed by atoms with Gasteiger partial charge in [0.05, 0.1) is 5.56 Å². The number of aromatic nitrogens is 1. The summed E-state index contributed by atoms with van der Waals surface area (Å²) in [6.45, 7) is 6.26. The Morgan fingerprint density at radius 1 is 1.13 bits per heavy atom. The molecule has 6 heteroatoms. The molecule has 1 aliphatic heterocycles. The number of rotatable bonds is 7. The van der Waals surface area contributed by atoms with Gasteiger partial charge in [-0.25, -0.2) is 4.98 Å². The first-order chi connectivity index (χ1) is 14.5. The van der Waals surface area contributed by atoms with E-state index in [1.165, 1.54) is 25.7 Å². The van der Waals surface area contributed by atoms with Crippen LogP contribution in [-0.4, -0.2) is 43.1 Å². The van der Waals surface area contributed by atoms with E-state index in [9.17, 15) is 9.59 Å². The van der Waals surface area contributed by atoms with Gasteiger partial charge in [-0.3, -0.25) is 9.59 Å². The van der Waals surface area contributed by atoms with Gasteiger partial charge in [0.2, 0.25) is 0 Å². The molecular formula is C24H37N3O3. The van der Waals surface area contributed by atoms with Gasteiger partial charge in [0.1, 0.15) is 11.9 Å². The average molecular weight is 416 g/mol. The Labute approximate surface area is 180 Å². The van der Waals surface area contributed by atoms with Crippen LogP contribution in [0, 0.1) is 17.8 Å². The smallest absolute Gasteiger partial charge is 0.306 e. The van der Waals surface area contributed by atoms with Gasteiger partial charge in [0, 0.05) is 45.6 Å². The first-order valence-corrected chi connectivity index (χ1v) is 11.6. The van der Waals surface area contributed by atoms with Gasteiger partial charge in [-0.2, -0.15) is 0 Å². The Hall–Kier alpha value is -2.11. The largest absolute Gasteiger partial charge is 0.462 e. The minimum absolute atomic E-state index is 0.00979. The highest BCUT2D eigenvalue weighted by molar-refractivity contribution is 5.93. The molecule has 1 N–H and O–H groups in total. The van der Waals surface area contributed by atoms with Crippen LogP contribution in [0.3, 0.4) is 0 Å². The molecule has 0 aromatic carbocycles. The molecule has 30 heavy (non-hydrogen) atoms. The number of anilines is 1. The fraction of sp³-hybridized carbons (Fsp3) is 0.708. The Balaban J connectivity index is 1.35. The van der Waals surface area contributed by atoms with E-state index >= 15 is 0 Å². The molecule has 0 spiro atoms. The fourth-order valence-corrected chi connectivity index (χ4v) is 4.76. The molecule has 1 aromatic heterocycles. The third-order valence-electron chi connectivity index (χ3n) is 6.89. The second kappa shape index (κ2) is 10.8. The third kappa shape index (κ3) is 6.19. The van der Waals surface area contributed by atoms with Gasteiger partial charge in [0.15, 0.2) is 0 Å². The number of hydrogen-bond acceptors (Lipinski definition) is 5. The summed E-state index contributed by atoms with van der Waals surface area (Å²) in [6.07, 6.45) is 9.95. The van der Waals surface area contributed by atoms with Crippen molar-refractivity contribution in [3.8, 4) is 0 Å². The number of ether oxygens (including phenoxy) is 1. The van der Waals surface area contributed by atoms with Gasteiger partial charge in [0.25, 0.3) is 5.91 Å². The Bertz CT molecular complexity index is 688. The van der Waals surface area contributed by atoms with Crippen molar-refractivity contribution in [1.29, 1.82) is 0 Å². The van der Waals surface area contributed by atoms with Crippen LogP contribution in [0.15, 0.2) is 18.3 Å². The zero-order chi connectivity index (χ0) is 21.5. The number of nitrogens with one attached hydrogen (secondary N) is 1. The topological polar surface area (TPSA) is 71.5 Å². The SMILES string of the molecule is CNC(=O)c1ccc(N2CCC(OC(=O)CCC3CCC(C(C)C)CC3)CC2)nc1. The number of carbonyl (C=O) groups excluding carboxylic acids is 2. The summed E-state index contributed by atoms with van der Waals surface area (Å²) in [7, 11) is 1.61. The van der Waals surface area contributed by atoms with Crippen molar-refractivity contribution < 1.29 is 14.3 Å². The molecule has 3 rings (SSSR count). The first-order valence-electron chi connectivity index (χ1n) is 11.6.